The number of fused-ring (bicyclic) bond motifs is 1. The molecule has 142 valence electrons. The molecule has 2 heterocycles. The summed E-state index contributed by atoms with van der Waals surface area (Å²) in [6.45, 7) is 1.86. The Kier molecular flexibility index (Phi) is 4.52. The highest BCUT2D eigenvalue weighted by molar-refractivity contribution is 6.06. The molecule has 3 aromatic rings. The molecule has 4 rings (SSSR count). The van der Waals surface area contributed by atoms with Gasteiger partial charge in [-0.25, -0.2) is 0 Å². The number of carbonyl (C=O) groups is 1. The number of benzene rings is 2. The van der Waals surface area contributed by atoms with Crippen LogP contribution in [0, 0.1) is 0 Å². The number of tetrazole rings is 1. The quantitative estimate of drug-likeness (QED) is 0.729. The molecule has 1 aromatic heterocycles. The second-order valence-electron chi connectivity index (χ2n) is 6.82. The topological polar surface area (TPSA) is 88.0 Å². The van der Waals surface area contributed by atoms with Crippen molar-refractivity contribution < 1.29 is 4.79 Å². The number of rotatable bonds is 4. The minimum absolute atomic E-state index is 0.195. The van der Waals surface area contributed by atoms with Gasteiger partial charge in [0.1, 0.15) is 6.04 Å². The monoisotopic (exact) mass is 375 g/mol. The third-order valence-corrected chi connectivity index (χ3v) is 4.72. The Morgan fingerprint density at radius 1 is 1.11 bits per heavy atom. The SMILES string of the molecule is CC1=C(C(=O)Nc2ccccc2)[C@H](c2ccc(N(C)C)cc2)n2nnnc2N1. The number of nitrogens with one attached hydrogen (secondary N) is 2. The van der Waals surface area contributed by atoms with Crippen molar-refractivity contribution in [3.05, 3.63) is 71.4 Å². The van der Waals surface area contributed by atoms with Crippen LogP contribution in [0.15, 0.2) is 65.9 Å². The summed E-state index contributed by atoms with van der Waals surface area (Å²) in [5.41, 5.74) is 4.03. The van der Waals surface area contributed by atoms with Crippen LogP contribution in [-0.4, -0.2) is 40.2 Å². The first-order chi connectivity index (χ1) is 13.5. The van der Waals surface area contributed by atoms with E-state index < -0.39 is 6.04 Å². The second kappa shape index (κ2) is 7.15. The van der Waals surface area contributed by atoms with Gasteiger partial charge in [-0.15, -0.1) is 0 Å². The van der Waals surface area contributed by atoms with Crippen molar-refractivity contribution in [2.24, 2.45) is 0 Å². The highest BCUT2D eigenvalue weighted by atomic mass is 16.1. The van der Waals surface area contributed by atoms with E-state index in [4.69, 9.17) is 0 Å². The molecule has 1 aliphatic rings. The number of para-hydroxylation sites is 1. The number of aromatic nitrogens is 4. The van der Waals surface area contributed by atoms with Gasteiger partial charge in [0, 0.05) is 31.2 Å². The largest absolute Gasteiger partial charge is 0.378 e. The minimum Gasteiger partial charge on any atom is -0.378 e. The molecule has 0 fully saturated rings. The number of hydrogen-bond donors (Lipinski definition) is 2. The Morgan fingerprint density at radius 2 is 1.82 bits per heavy atom. The van der Waals surface area contributed by atoms with Gasteiger partial charge in [0.15, 0.2) is 0 Å². The first-order valence-electron chi connectivity index (χ1n) is 8.94. The van der Waals surface area contributed by atoms with Crippen molar-refractivity contribution in [2.75, 3.05) is 29.6 Å². The highest BCUT2D eigenvalue weighted by Crippen LogP contribution is 2.35. The maximum atomic E-state index is 13.2. The molecular weight excluding hydrogens is 354 g/mol. The van der Waals surface area contributed by atoms with Crippen molar-refractivity contribution in [1.29, 1.82) is 0 Å². The van der Waals surface area contributed by atoms with Gasteiger partial charge in [-0.1, -0.05) is 35.4 Å². The second-order valence-corrected chi connectivity index (χ2v) is 6.82. The number of allylic oxidation sites excluding steroid dienone is 1. The van der Waals surface area contributed by atoms with Crippen LogP contribution < -0.4 is 15.5 Å². The molecule has 0 aliphatic carbocycles. The van der Waals surface area contributed by atoms with Gasteiger partial charge in [-0.05, 0) is 47.2 Å². The molecule has 8 nitrogen and oxygen atoms in total. The summed E-state index contributed by atoms with van der Waals surface area (Å²) in [6.07, 6.45) is 0. The lowest BCUT2D eigenvalue weighted by atomic mass is 9.94. The fraction of sp³-hybridized carbons (Fsp3) is 0.200. The fourth-order valence-corrected chi connectivity index (χ4v) is 3.29. The predicted molar refractivity (Wildman–Crippen MR) is 108 cm³/mol. The van der Waals surface area contributed by atoms with Crippen LogP contribution >= 0.6 is 0 Å². The van der Waals surface area contributed by atoms with Crippen molar-refractivity contribution in [1.82, 2.24) is 20.2 Å². The molecule has 1 amide bonds. The molecule has 0 unspecified atom stereocenters. The molecule has 1 atom stereocenters. The summed E-state index contributed by atoms with van der Waals surface area (Å²) in [7, 11) is 3.98. The first-order valence-corrected chi connectivity index (χ1v) is 8.94. The van der Waals surface area contributed by atoms with Gasteiger partial charge in [0.25, 0.3) is 5.91 Å². The maximum absolute atomic E-state index is 13.2. The van der Waals surface area contributed by atoms with Crippen molar-refractivity contribution in [2.45, 2.75) is 13.0 Å². The van der Waals surface area contributed by atoms with Crippen LogP contribution in [0.25, 0.3) is 0 Å². The Labute approximate surface area is 162 Å². The van der Waals surface area contributed by atoms with Crippen LogP contribution in [0.2, 0.25) is 0 Å². The summed E-state index contributed by atoms with van der Waals surface area (Å²) in [6, 6.07) is 17.0. The van der Waals surface area contributed by atoms with E-state index >= 15 is 0 Å². The minimum atomic E-state index is -0.425. The van der Waals surface area contributed by atoms with Gasteiger partial charge in [0.2, 0.25) is 5.95 Å². The molecular formula is C20H21N7O. The normalized spacial score (nSPS) is 15.6. The molecule has 2 aromatic carbocycles. The zero-order valence-corrected chi connectivity index (χ0v) is 15.9. The van der Waals surface area contributed by atoms with E-state index in [9.17, 15) is 4.79 Å². The zero-order chi connectivity index (χ0) is 19.7. The van der Waals surface area contributed by atoms with Gasteiger partial charge >= 0.3 is 0 Å². The van der Waals surface area contributed by atoms with E-state index in [1.807, 2.05) is 80.5 Å². The van der Waals surface area contributed by atoms with Gasteiger partial charge in [-0.2, -0.15) is 4.68 Å². The number of carbonyl (C=O) groups excluding carboxylic acids is 1. The van der Waals surface area contributed by atoms with Gasteiger partial charge in [0.05, 0.1) is 5.57 Å². The van der Waals surface area contributed by atoms with E-state index in [-0.39, 0.29) is 5.91 Å². The summed E-state index contributed by atoms with van der Waals surface area (Å²) >= 11 is 0. The van der Waals surface area contributed by atoms with Crippen molar-refractivity contribution in [3.8, 4) is 0 Å². The number of nitrogens with zero attached hydrogens (tertiary/aromatic N) is 5. The summed E-state index contributed by atoms with van der Waals surface area (Å²) in [5.74, 6) is 0.314. The molecule has 0 bridgehead atoms. The van der Waals surface area contributed by atoms with Crippen molar-refractivity contribution >= 4 is 23.2 Å². The molecule has 1 aliphatic heterocycles. The fourth-order valence-electron chi connectivity index (χ4n) is 3.29. The van der Waals surface area contributed by atoms with Crippen LogP contribution in [0.5, 0.6) is 0 Å². The molecule has 0 radical (unpaired) electrons. The zero-order valence-electron chi connectivity index (χ0n) is 15.9. The van der Waals surface area contributed by atoms with E-state index in [0.717, 1.165) is 22.6 Å². The molecule has 0 saturated carbocycles. The first kappa shape index (κ1) is 17.7. The molecule has 0 saturated heterocycles. The van der Waals surface area contributed by atoms with Crippen LogP contribution in [0.3, 0.4) is 0 Å². The van der Waals surface area contributed by atoms with Crippen LogP contribution in [0.1, 0.15) is 18.5 Å². The third-order valence-electron chi connectivity index (χ3n) is 4.72. The maximum Gasteiger partial charge on any atom is 0.255 e. The standard InChI is InChI=1S/C20H21N7O/c1-13-17(19(28)22-15-7-5-4-6-8-15)18(27-20(21-13)23-24-25-27)14-9-11-16(12-10-14)26(2)3/h4-12,18H,1-3H3,(H,22,28)(H,21,23,25)/t18-/m0/s1. The average molecular weight is 375 g/mol. The Hall–Kier alpha value is -3.68. The lowest BCUT2D eigenvalue weighted by Gasteiger charge is -2.28. The van der Waals surface area contributed by atoms with E-state index in [0.29, 0.717) is 11.5 Å². The molecule has 28 heavy (non-hydrogen) atoms. The van der Waals surface area contributed by atoms with E-state index in [2.05, 4.69) is 26.2 Å². The number of amides is 1. The third kappa shape index (κ3) is 3.20. The Balaban J connectivity index is 1.75. The molecule has 2 N–H and O–H groups in total. The highest BCUT2D eigenvalue weighted by Gasteiger charge is 2.34. The summed E-state index contributed by atoms with van der Waals surface area (Å²) < 4.78 is 1.64. The predicted octanol–water partition coefficient (Wildman–Crippen LogP) is 2.67. The van der Waals surface area contributed by atoms with Crippen LogP contribution in [0.4, 0.5) is 17.3 Å². The van der Waals surface area contributed by atoms with Gasteiger partial charge in [-0.3, -0.25) is 4.79 Å². The smallest absolute Gasteiger partial charge is 0.255 e. The Morgan fingerprint density at radius 3 is 2.50 bits per heavy atom. The number of hydrogen-bond acceptors (Lipinski definition) is 6. The summed E-state index contributed by atoms with van der Waals surface area (Å²) in [4.78, 5) is 15.2. The van der Waals surface area contributed by atoms with Crippen molar-refractivity contribution in [3.63, 3.8) is 0 Å². The molecule has 8 heteroatoms. The lowest BCUT2D eigenvalue weighted by molar-refractivity contribution is -0.113. The Bertz CT molecular complexity index is 1020. The molecule has 0 spiro atoms. The van der Waals surface area contributed by atoms with Gasteiger partial charge < -0.3 is 15.5 Å². The van der Waals surface area contributed by atoms with E-state index in [1.165, 1.54) is 0 Å². The summed E-state index contributed by atoms with van der Waals surface area (Å²) in [5, 5.41) is 18.0. The number of anilines is 3. The lowest BCUT2D eigenvalue weighted by Crippen LogP contribution is -2.31. The van der Waals surface area contributed by atoms with E-state index in [1.54, 1.807) is 4.68 Å². The van der Waals surface area contributed by atoms with Crippen LogP contribution in [-0.2, 0) is 4.79 Å². The average Bonchev–Trinajstić information content (AvgIpc) is 3.15.